The average molecular weight is 2100 g/mol. The van der Waals surface area contributed by atoms with Crippen LogP contribution in [0.3, 0.4) is 0 Å². The van der Waals surface area contributed by atoms with E-state index in [1.807, 2.05) is 21.4 Å². The first-order chi connectivity index (χ1) is 63.7. The molecule has 7 aromatic rings. The monoisotopic (exact) mass is 2100 g/mol. The summed E-state index contributed by atoms with van der Waals surface area (Å²) in [5, 5.41) is 10.5. The van der Waals surface area contributed by atoms with Crippen LogP contribution in [-0.4, -0.2) is 221 Å². The summed E-state index contributed by atoms with van der Waals surface area (Å²) in [5.41, 5.74) is 3.49. The third-order valence-electron chi connectivity index (χ3n) is 22.4. The molecule has 0 unspecified atom stereocenters. The van der Waals surface area contributed by atoms with E-state index in [9.17, 15) is 83.2 Å². The molecule has 8 atom stereocenters. The molecule has 11 aliphatic rings. The molecule has 3 aliphatic carbocycles. The third-order valence-corrected chi connectivity index (χ3v) is 36.3. The minimum absolute atomic E-state index is 0.00831. The molecule has 34 nitrogen and oxygen atoms in total. The number of nitrogens with two attached hydrogens (primary N) is 1. The number of carbonyl (C=O) groups excluding carboxylic acids is 4. The first-order valence-corrected chi connectivity index (χ1v) is 54.9. The predicted molar refractivity (Wildman–Crippen MR) is 495 cm³/mol. The Morgan fingerprint density at radius 2 is 0.873 bits per heavy atom. The second kappa shape index (κ2) is 41.1. The molecule has 3 aromatic heterocycles. The molecule has 8 aliphatic heterocycles. The van der Waals surface area contributed by atoms with Crippen LogP contribution in [0.5, 0.6) is 0 Å². The molecule has 4 aromatic carbocycles. The van der Waals surface area contributed by atoms with Gasteiger partial charge in [0.2, 0.25) is 39.6 Å². The SMILES string of the molecule is CCOC(=O)C1=C2C[C@H](NS(=O)(=O)C3CC3)CN2C(S(=O)(=O)c2nccs2)=N[C@H]1c1ccc(F)cc1Cl.CCOC(=O)C1=C2C[C@H](NS(=O)(=O)C3CC3)CN2C(SC)=N[C@H]1c1ccc(F)cc1Cl.CCOC(=O)C1=C2C[C@H](NS(=O)(=O)C3CC3)CN2C(Sc2nccs2)=N[C@H]1c1ccc(F)cc1Cl.COC(=O)C1=C2C[C@H](NS(N)(=O)=O)CN2C(c2nccs2)=N[C@H]1c1cccc(F)c1F. The van der Waals surface area contributed by atoms with E-state index in [2.05, 4.69) is 43.8 Å². The topological polar surface area (TPSA) is 451 Å². The molecular formula is C82H84Cl3F5N16O18S10. The molecule has 0 radical (unpaired) electrons. The largest absolute Gasteiger partial charge is 0.466 e. The first kappa shape index (κ1) is 99.7. The van der Waals surface area contributed by atoms with Crippen molar-refractivity contribution in [1.29, 1.82) is 0 Å². The quantitative estimate of drug-likeness (QED) is 0.0202. The lowest BCUT2D eigenvalue weighted by Crippen LogP contribution is -2.42. The predicted octanol–water partition coefficient (Wildman–Crippen LogP) is 11.3. The van der Waals surface area contributed by atoms with Crippen LogP contribution in [0.25, 0.3) is 0 Å². The van der Waals surface area contributed by atoms with Crippen molar-refractivity contribution in [1.82, 2.24) is 53.4 Å². The number of carbonyl (C=O) groups is 4. The number of aliphatic imine (C=N–C) groups is 4. The number of sulfonamides is 3. The van der Waals surface area contributed by atoms with Crippen LogP contribution in [0, 0.1) is 29.1 Å². The maximum absolute atomic E-state index is 14.7. The van der Waals surface area contributed by atoms with Gasteiger partial charge in [0.15, 0.2) is 37.2 Å². The summed E-state index contributed by atoms with van der Waals surface area (Å²) < 4.78 is 228. The maximum atomic E-state index is 14.7. The normalized spacial score (nSPS) is 22.3. The average Bonchev–Trinajstić information content (AvgIpc) is 1.55. The number of aromatic nitrogens is 3. The Morgan fingerprint density at radius 1 is 0.478 bits per heavy atom. The summed E-state index contributed by atoms with van der Waals surface area (Å²) in [4.78, 5) is 89.8. The van der Waals surface area contributed by atoms with E-state index < -0.39 is 156 Å². The van der Waals surface area contributed by atoms with Crippen LogP contribution >= 0.6 is 92.3 Å². The van der Waals surface area contributed by atoms with Crippen molar-refractivity contribution in [2.24, 2.45) is 25.1 Å². The van der Waals surface area contributed by atoms with Gasteiger partial charge in [0, 0.05) is 171 Å². The highest BCUT2D eigenvalue weighted by molar-refractivity contribution is 8.15. The van der Waals surface area contributed by atoms with Crippen LogP contribution in [0.15, 0.2) is 181 Å². The number of methoxy groups -OCH3 is 1. The number of thioether (sulfide) groups is 2. The van der Waals surface area contributed by atoms with Crippen LogP contribution in [0.4, 0.5) is 22.0 Å². The van der Waals surface area contributed by atoms with Gasteiger partial charge in [-0.2, -0.15) is 13.1 Å². The van der Waals surface area contributed by atoms with Gasteiger partial charge >= 0.3 is 23.9 Å². The van der Waals surface area contributed by atoms with Crippen LogP contribution in [0.2, 0.25) is 15.1 Å². The fourth-order valence-corrected chi connectivity index (χ4v) is 27.6. The van der Waals surface area contributed by atoms with Crippen LogP contribution in [0.1, 0.15) is 136 Å². The molecule has 0 bridgehead atoms. The van der Waals surface area contributed by atoms with Gasteiger partial charge in [0.25, 0.3) is 20.0 Å². The van der Waals surface area contributed by atoms with Crippen LogP contribution in [-0.2, 0) is 88.2 Å². The van der Waals surface area contributed by atoms with E-state index in [-0.39, 0.29) is 122 Å². The van der Waals surface area contributed by atoms with Crippen LogP contribution < -0.4 is 24.0 Å². The smallest absolute Gasteiger partial charge is 0.338 e. The molecule has 18 rings (SSSR count). The van der Waals surface area contributed by atoms with Gasteiger partial charge in [-0.25, -0.2) is 124 Å². The molecule has 52 heteroatoms. The van der Waals surface area contributed by atoms with Gasteiger partial charge in [0.05, 0.1) is 65.0 Å². The number of fused-ring (bicyclic) bond motifs is 4. The van der Waals surface area contributed by atoms with Gasteiger partial charge in [0.1, 0.15) is 41.6 Å². The van der Waals surface area contributed by atoms with E-state index in [4.69, 9.17) is 68.9 Å². The maximum Gasteiger partial charge on any atom is 0.338 e. The number of sulfone groups is 1. The zero-order chi connectivity index (χ0) is 95.9. The lowest BCUT2D eigenvalue weighted by molar-refractivity contribution is -0.140. The van der Waals surface area contributed by atoms with Gasteiger partial charge in [-0.05, 0) is 120 Å². The number of hydrogen-bond acceptors (Lipinski definition) is 34. The number of benzene rings is 4. The molecule has 7 fully saturated rings. The third kappa shape index (κ3) is 22.0. The number of nitrogens with zero attached hydrogens (tertiary/aromatic N) is 11. The lowest BCUT2D eigenvalue weighted by atomic mass is 9.94. The Morgan fingerprint density at radius 3 is 1.28 bits per heavy atom. The van der Waals surface area contributed by atoms with Crippen molar-refractivity contribution in [3.63, 3.8) is 0 Å². The van der Waals surface area contributed by atoms with Gasteiger partial charge in [-0.3, -0.25) is 4.99 Å². The number of halogens is 8. The Bertz CT molecular complexity index is 6680. The number of esters is 4. The Hall–Kier alpha value is -8.74. The highest BCUT2D eigenvalue weighted by Crippen LogP contribution is 2.50. The number of thiazole rings is 3. The Balaban J connectivity index is 0.000000137. The molecule has 716 valence electrons. The fourth-order valence-electron chi connectivity index (χ4n) is 16.2. The van der Waals surface area contributed by atoms with Crippen molar-refractivity contribution in [3.8, 4) is 0 Å². The minimum atomic E-state index is -4.26. The molecule has 0 spiro atoms. The van der Waals surface area contributed by atoms with Crippen molar-refractivity contribution in [3.05, 3.63) is 224 Å². The van der Waals surface area contributed by atoms with Crippen molar-refractivity contribution < 1.29 is 102 Å². The van der Waals surface area contributed by atoms with Gasteiger partial charge < -0.3 is 38.5 Å². The van der Waals surface area contributed by atoms with E-state index in [1.165, 1.54) is 117 Å². The van der Waals surface area contributed by atoms with Gasteiger partial charge in [-0.1, -0.05) is 76.9 Å². The van der Waals surface area contributed by atoms with Gasteiger partial charge in [-0.15, -0.1) is 34.0 Å². The highest BCUT2D eigenvalue weighted by Gasteiger charge is 2.52. The molecule has 11 heterocycles. The molecule has 6 N–H and O–H groups in total. The Kier molecular flexibility index (Phi) is 30.6. The molecule has 0 amide bonds. The highest BCUT2D eigenvalue weighted by atomic mass is 35.5. The second-order valence-electron chi connectivity index (χ2n) is 31.6. The minimum Gasteiger partial charge on any atom is -0.466 e. The summed E-state index contributed by atoms with van der Waals surface area (Å²) in [5.74, 6) is -6.16. The summed E-state index contributed by atoms with van der Waals surface area (Å²) in [7, 11) is -17.6. The fraction of sp³-hybridized carbons (Fsp3) is 0.402. The van der Waals surface area contributed by atoms with E-state index in [0.29, 0.717) is 113 Å². The summed E-state index contributed by atoms with van der Waals surface area (Å²) in [6.07, 6.45) is 10.9. The Labute approximate surface area is 802 Å². The zero-order valence-corrected chi connectivity index (χ0v) is 81.6. The summed E-state index contributed by atoms with van der Waals surface area (Å²) >= 11 is 25.3. The molecule has 3 saturated carbocycles. The lowest BCUT2D eigenvalue weighted by Gasteiger charge is -2.31. The van der Waals surface area contributed by atoms with E-state index >= 15 is 0 Å². The summed E-state index contributed by atoms with van der Waals surface area (Å²) in [6.45, 7) is 6.12. The second-order valence-corrected chi connectivity index (χ2v) is 46.8. The standard InChI is InChI=1S/C22H22ClFN4O6S3.C22H22ClFN4O4S3.C20H23ClFN3O4S2.C18H17F2N5O4S2/c1-2-34-20(29)18-17-10-13(27-37(32,33)14-4-5-14)11-28(17)21(36(30,31)22-25-7-8-35-22)26-19(18)15-6-3-12(24)9-16(15)23;1-2-32-20(29)18-17-10-13(27-35(30,31)14-4-5-14)11-28(17)21(34-22-25-7-8-33-22)26-19(18)15-6-3-12(24)9-16(15)23;1-3-29-19(26)17-16-9-12(24-31(27,28)13-5-6-13)10-25(16)20(30-2)23-18(17)14-7-4-11(22)8-15(14)21;1-29-18(26)13-12-7-9(24-31(21,27)28)8-25(12)16(17-22-5-6-30-17)23-15(13)10-3-2-4-11(19)14(10)20/h3,6-9,13-14,19,27H,2,4-5,10-11H2,1H3;3,6-9,13-14,19,27H,2,4-5,10-11H2,1H3;4,7-8,12-13,18,24H,3,5-6,9-10H2,1-2H3;2-6,9,15,24H,7-8H2,1H3,(H2,21,27,28)/t2*13-,19-;12-,18-;9-,15-/m0000/s1. The first-order valence-electron chi connectivity index (χ1n) is 41.4. The van der Waals surface area contributed by atoms with Crippen molar-refractivity contribution in [2.75, 3.05) is 59.4 Å². The number of hydrogen-bond donors (Lipinski definition) is 5. The summed E-state index contributed by atoms with van der Waals surface area (Å²) in [6, 6.07) is 8.80. The van der Waals surface area contributed by atoms with Crippen molar-refractivity contribution >= 4 is 188 Å². The van der Waals surface area contributed by atoms with E-state index in [0.717, 1.165) is 41.0 Å². The number of ether oxygens (including phenoxy) is 4. The number of amidine groups is 4. The molecule has 4 saturated heterocycles. The zero-order valence-electron chi connectivity index (χ0n) is 71.2. The van der Waals surface area contributed by atoms with Crippen molar-refractivity contribution in [2.45, 2.75) is 158 Å². The number of rotatable bonds is 25. The molecular weight excluding hydrogens is 2020 g/mol. The van der Waals surface area contributed by atoms with E-state index in [1.54, 1.807) is 43.4 Å². The molecule has 134 heavy (non-hydrogen) atoms. The number of nitrogens with one attached hydrogen (secondary N) is 4.